The van der Waals surface area contributed by atoms with Crippen LogP contribution in [0.2, 0.25) is 0 Å². The van der Waals surface area contributed by atoms with Gasteiger partial charge in [0.1, 0.15) is 17.1 Å². The van der Waals surface area contributed by atoms with E-state index in [2.05, 4.69) is 111 Å². The van der Waals surface area contributed by atoms with E-state index in [1.807, 2.05) is 30.6 Å². The summed E-state index contributed by atoms with van der Waals surface area (Å²) in [6, 6.07) is 39.9. The Morgan fingerprint density at radius 2 is 1.43 bits per heavy atom. The highest BCUT2D eigenvalue weighted by Gasteiger charge is 2.46. The van der Waals surface area contributed by atoms with Crippen LogP contribution in [-0.4, -0.2) is 20.7 Å². The highest BCUT2D eigenvalue weighted by atomic mass is 16.5. The average Bonchev–Trinajstić information content (AvgIpc) is 3.75. The van der Waals surface area contributed by atoms with E-state index < -0.39 is 0 Å². The summed E-state index contributed by atoms with van der Waals surface area (Å²) >= 11 is 0. The van der Waals surface area contributed by atoms with Gasteiger partial charge in [0.25, 0.3) is 6.71 Å². The summed E-state index contributed by atoms with van der Waals surface area (Å²) in [6.07, 6.45) is 3.86. The molecule has 0 N–H and O–H groups in total. The number of ether oxygens (including phenoxy) is 1. The molecule has 2 aliphatic rings. The molecular formula is C35H21BN4O2. The first-order valence-electron chi connectivity index (χ1n) is 14.1. The van der Waals surface area contributed by atoms with Crippen LogP contribution in [0.5, 0.6) is 11.5 Å². The third kappa shape index (κ3) is 2.72. The molecule has 7 heteroatoms. The average molecular weight is 540 g/mol. The van der Waals surface area contributed by atoms with Crippen LogP contribution in [0.3, 0.4) is 0 Å². The quantitative estimate of drug-likeness (QED) is 0.237. The van der Waals surface area contributed by atoms with Gasteiger partial charge in [0.15, 0.2) is 0 Å². The summed E-state index contributed by atoms with van der Waals surface area (Å²) in [4.78, 5) is 7.02. The molecule has 0 bridgehead atoms. The second kappa shape index (κ2) is 7.95. The highest BCUT2D eigenvalue weighted by molar-refractivity contribution is 7.00. The van der Waals surface area contributed by atoms with Gasteiger partial charge in [-0.3, -0.25) is 13.9 Å². The molecule has 0 saturated heterocycles. The summed E-state index contributed by atoms with van der Waals surface area (Å²) < 4.78 is 18.0. The van der Waals surface area contributed by atoms with Crippen molar-refractivity contribution in [1.82, 2.24) is 14.0 Å². The molecule has 3 aromatic heterocycles. The number of hydrogen-bond acceptors (Lipinski definition) is 4. The first-order chi connectivity index (χ1) is 20.9. The Bertz CT molecular complexity index is 2370. The van der Waals surface area contributed by atoms with Gasteiger partial charge in [0.05, 0.1) is 16.7 Å². The van der Waals surface area contributed by atoms with Crippen LogP contribution in [0.25, 0.3) is 33.5 Å². The van der Waals surface area contributed by atoms with Crippen LogP contribution in [0, 0.1) is 0 Å². The second-order valence-electron chi connectivity index (χ2n) is 10.8. The molecule has 0 saturated carbocycles. The summed E-state index contributed by atoms with van der Waals surface area (Å²) in [7, 11) is 0. The van der Waals surface area contributed by atoms with E-state index in [0.717, 1.165) is 78.6 Å². The van der Waals surface area contributed by atoms with E-state index >= 15 is 0 Å². The van der Waals surface area contributed by atoms with Crippen LogP contribution in [0.15, 0.2) is 132 Å². The van der Waals surface area contributed by atoms with Crippen molar-refractivity contribution in [2.75, 3.05) is 4.90 Å². The van der Waals surface area contributed by atoms with Gasteiger partial charge in [-0.1, -0.05) is 66.7 Å². The van der Waals surface area contributed by atoms with Crippen molar-refractivity contribution in [3.63, 3.8) is 0 Å². The van der Waals surface area contributed by atoms with Crippen molar-refractivity contribution in [1.29, 1.82) is 0 Å². The first kappa shape index (κ1) is 22.1. The highest BCUT2D eigenvalue weighted by Crippen LogP contribution is 2.45. The summed E-state index contributed by atoms with van der Waals surface area (Å²) in [5, 5.41) is 1.11. The van der Waals surface area contributed by atoms with E-state index in [9.17, 15) is 0 Å². The predicted octanol–water partition coefficient (Wildman–Crippen LogP) is 6.43. The minimum Gasteiger partial charge on any atom is -0.456 e. The number of imidazole rings is 2. The largest absolute Gasteiger partial charge is 0.456 e. The van der Waals surface area contributed by atoms with Gasteiger partial charge in [0, 0.05) is 34.6 Å². The fourth-order valence-electron chi connectivity index (χ4n) is 7.00. The number of anilines is 3. The lowest BCUT2D eigenvalue weighted by atomic mass is 9.34. The van der Waals surface area contributed by atoms with Gasteiger partial charge in [-0.05, 0) is 59.5 Å². The number of nitrogens with zero attached hydrogens (tertiary/aromatic N) is 4. The molecule has 0 spiro atoms. The fraction of sp³-hybridized carbons (Fsp3) is 0. The molecule has 10 rings (SSSR count). The molecule has 8 aromatic rings. The maximum Gasteiger partial charge on any atom is 0.261 e. The van der Waals surface area contributed by atoms with E-state index in [1.54, 1.807) is 0 Å². The van der Waals surface area contributed by atoms with E-state index in [-0.39, 0.29) is 6.71 Å². The molecule has 5 heterocycles. The molecule has 0 unspecified atom stereocenters. The molecule has 0 amide bonds. The standard InChI is InChI=1S/C35H21BN4O2/c1-2-10-22(11-3-1)39-27-18-19-28(40-26-15-7-6-14-25(26)38-21-20-37-35(38)40)33-32(27)36(24-13-5-9-17-30(24)41-33)31-23-12-4-8-16-29(23)42-34(31)39/h1-21H. The third-order valence-electron chi connectivity index (χ3n) is 8.69. The number of rotatable bonds is 2. The Hall–Kier alpha value is -5.69. The number of benzene rings is 5. The molecule has 0 radical (unpaired) electrons. The van der Waals surface area contributed by atoms with Crippen molar-refractivity contribution >= 4 is 68.1 Å². The maximum absolute atomic E-state index is 6.93. The Morgan fingerprint density at radius 3 is 2.36 bits per heavy atom. The van der Waals surface area contributed by atoms with Crippen LogP contribution >= 0.6 is 0 Å². The van der Waals surface area contributed by atoms with E-state index in [4.69, 9.17) is 14.1 Å². The van der Waals surface area contributed by atoms with Crippen molar-refractivity contribution in [2.45, 2.75) is 0 Å². The predicted molar refractivity (Wildman–Crippen MR) is 168 cm³/mol. The number of hydrogen-bond donors (Lipinski definition) is 0. The molecule has 2 aliphatic heterocycles. The number of para-hydroxylation sites is 5. The van der Waals surface area contributed by atoms with Crippen molar-refractivity contribution in [2.24, 2.45) is 0 Å². The van der Waals surface area contributed by atoms with Crippen molar-refractivity contribution in [3.05, 3.63) is 128 Å². The van der Waals surface area contributed by atoms with Crippen molar-refractivity contribution < 1.29 is 9.15 Å². The van der Waals surface area contributed by atoms with Crippen LogP contribution < -0.4 is 26.0 Å². The lowest BCUT2D eigenvalue weighted by Crippen LogP contribution is -2.59. The topological polar surface area (TPSA) is 47.8 Å². The Kier molecular flexibility index (Phi) is 4.18. The SMILES string of the molecule is c1ccc(N2c3ccc(-n4c5ccccc5n5ccnc45)c4c3B(c3ccccc3O4)c3c2oc2ccccc32)cc1. The third-order valence-corrected chi connectivity index (χ3v) is 8.69. The molecule has 0 atom stereocenters. The van der Waals surface area contributed by atoms with Gasteiger partial charge in [-0.15, -0.1) is 0 Å². The van der Waals surface area contributed by atoms with Gasteiger partial charge in [0.2, 0.25) is 11.7 Å². The maximum atomic E-state index is 6.93. The number of furan rings is 1. The van der Waals surface area contributed by atoms with Crippen LogP contribution in [0.4, 0.5) is 17.3 Å². The van der Waals surface area contributed by atoms with Crippen molar-refractivity contribution in [3.8, 4) is 17.2 Å². The van der Waals surface area contributed by atoms with Gasteiger partial charge in [-0.25, -0.2) is 4.98 Å². The second-order valence-corrected chi connectivity index (χ2v) is 10.8. The number of fused-ring (bicyclic) bond motifs is 9. The van der Waals surface area contributed by atoms with Gasteiger partial charge in [-0.2, -0.15) is 0 Å². The zero-order chi connectivity index (χ0) is 27.4. The lowest BCUT2D eigenvalue weighted by molar-refractivity contribution is 0.485. The molecule has 0 fully saturated rings. The summed E-state index contributed by atoms with van der Waals surface area (Å²) in [5.74, 6) is 3.38. The summed E-state index contributed by atoms with van der Waals surface area (Å²) in [5.41, 5.74) is 9.47. The lowest BCUT2D eigenvalue weighted by Gasteiger charge is -2.38. The minimum atomic E-state index is -0.0731. The zero-order valence-corrected chi connectivity index (χ0v) is 22.3. The van der Waals surface area contributed by atoms with Gasteiger partial charge < -0.3 is 9.15 Å². The smallest absolute Gasteiger partial charge is 0.261 e. The monoisotopic (exact) mass is 540 g/mol. The molecule has 42 heavy (non-hydrogen) atoms. The molecular weight excluding hydrogens is 519 g/mol. The minimum absolute atomic E-state index is 0.0731. The molecule has 5 aromatic carbocycles. The Labute approximate surface area is 240 Å². The van der Waals surface area contributed by atoms with Crippen LogP contribution in [0.1, 0.15) is 0 Å². The fourth-order valence-corrected chi connectivity index (χ4v) is 7.00. The molecule has 6 nitrogen and oxygen atoms in total. The zero-order valence-electron chi connectivity index (χ0n) is 22.3. The molecule has 196 valence electrons. The summed E-state index contributed by atoms with van der Waals surface area (Å²) in [6.45, 7) is -0.0731. The normalized spacial score (nSPS) is 13.3. The van der Waals surface area contributed by atoms with Gasteiger partial charge >= 0.3 is 0 Å². The van der Waals surface area contributed by atoms with Crippen LogP contribution in [-0.2, 0) is 0 Å². The van der Waals surface area contributed by atoms with E-state index in [0.29, 0.717) is 0 Å². The Balaban J connectivity index is 1.36. The van der Waals surface area contributed by atoms with E-state index in [1.165, 1.54) is 0 Å². The molecule has 0 aliphatic carbocycles. The first-order valence-corrected chi connectivity index (χ1v) is 14.1. The number of aromatic nitrogens is 3. The Morgan fingerprint density at radius 1 is 0.667 bits per heavy atom.